The molecule has 7 heavy (non-hydrogen) atoms. The highest BCUT2D eigenvalue weighted by Gasteiger charge is 2.21. The van der Waals surface area contributed by atoms with Gasteiger partial charge in [-0.25, -0.2) is 5.11 Å². The van der Waals surface area contributed by atoms with Crippen LogP contribution in [0, 0.1) is 5.92 Å². The molecule has 0 bridgehead atoms. The molecule has 41 valence electrons. The maximum absolute atomic E-state index is 10.0. The first kappa shape index (κ1) is 5.06. The third-order valence-corrected chi connectivity index (χ3v) is 1.38. The zero-order chi connectivity index (χ0) is 5.28. The van der Waals surface area contributed by atoms with Gasteiger partial charge in [-0.2, -0.15) is 0 Å². The zero-order valence-electron chi connectivity index (χ0n) is 4.55. The van der Waals surface area contributed by atoms with Crippen molar-refractivity contribution in [3.8, 4) is 0 Å². The Balaban J connectivity index is 2.06. The third kappa shape index (κ3) is 0.924. The van der Waals surface area contributed by atoms with Crippen molar-refractivity contribution < 1.29 is 5.11 Å². The van der Waals surface area contributed by atoms with Crippen LogP contribution in [0.3, 0.4) is 0 Å². The highest BCUT2D eigenvalue weighted by Crippen LogP contribution is 2.10. The van der Waals surface area contributed by atoms with Crippen molar-refractivity contribution in [1.82, 2.24) is 4.90 Å². The second kappa shape index (κ2) is 1.80. The molecule has 0 saturated carbocycles. The van der Waals surface area contributed by atoms with Crippen LogP contribution in [0.15, 0.2) is 0 Å². The van der Waals surface area contributed by atoms with Crippen LogP contribution in [0.4, 0.5) is 0 Å². The fraction of sp³-hybridized carbons (Fsp3) is 1.00. The Morgan fingerprint density at radius 1 is 1.71 bits per heavy atom. The van der Waals surface area contributed by atoms with E-state index in [4.69, 9.17) is 0 Å². The zero-order valence-corrected chi connectivity index (χ0v) is 4.55. The molecular weight excluding hydrogens is 90.1 g/mol. The molecule has 0 spiro atoms. The van der Waals surface area contributed by atoms with E-state index in [9.17, 15) is 5.11 Å². The van der Waals surface area contributed by atoms with Crippen LogP contribution in [-0.4, -0.2) is 31.6 Å². The first-order chi connectivity index (χ1) is 3.33. The summed E-state index contributed by atoms with van der Waals surface area (Å²) in [4.78, 5) is 2.16. The first-order valence-corrected chi connectivity index (χ1v) is 2.59. The molecule has 0 atom stereocenters. The first-order valence-electron chi connectivity index (χ1n) is 2.59. The monoisotopic (exact) mass is 100 g/mol. The summed E-state index contributed by atoms with van der Waals surface area (Å²) in [6, 6.07) is 0. The van der Waals surface area contributed by atoms with Crippen molar-refractivity contribution in [2.45, 2.75) is 0 Å². The third-order valence-electron chi connectivity index (χ3n) is 1.38. The second-order valence-corrected chi connectivity index (χ2v) is 2.25. The molecule has 2 nitrogen and oxygen atoms in total. The summed E-state index contributed by atoms with van der Waals surface area (Å²) in [6.07, 6.45) is 0. The Morgan fingerprint density at radius 2 is 2.29 bits per heavy atom. The van der Waals surface area contributed by atoms with E-state index in [1.165, 1.54) is 0 Å². The highest BCUT2D eigenvalue weighted by molar-refractivity contribution is 4.74. The van der Waals surface area contributed by atoms with Crippen LogP contribution in [0.2, 0.25) is 0 Å². The largest absolute Gasteiger partial charge is 0.306 e. The van der Waals surface area contributed by atoms with E-state index >= 15 is 0 Å². The molecule has 1 aliphatic rings. The van der Waals surface area contributed by atoms with E-state index in [2.05, 4.69) is 4.90 Å². The van der Waals surface area contributed by atoms with Gasteiger partial charge in [0.15, 0.2) is 0 Å². The maximum atomic E-state index is 10.0. The summed E-state index contributed by atoms with van der Waals surface area (Å²) >= 11 is 0. The second-order valence-electron chi connectivity index (χ2n) is 2.25. The van der Waals surface area contributed by atoms with E-state index in [-0.39, 0.29) is 6.61 Å². The van der Waals surface area contributed by atoms with Crippen molar-refractivity contribution in [2.24, 2.45) is 5.92 Å². The van der Waals surface area contributed by atoms with Gasteiger partial charge in [-0.15, -0.1) is 0 Å². The Hall–Kier alpha value is -0.0800. The highest BCUT2D eigenvalue weighted by atomic mass is 16.3. The molecule has 0 aromatic heterocycles. The van der Waals surface area contributed by atoms with Crippen LogP contribution < -0.4 is 0 Å². The average molecular weight is 100 g/mol. The summed E-state index contributed by atoms with van der Waals surface area (Å²) in [7, 11) is 2.03. The minimum atomic E-state index is 0.115. The van der Waals surface area contributed by atoms with Gasteiger partial charge in [0.05, 0.1) is 6.61 Å². The summed E-state index contributed by atoms with van der Waals surface area (Å²) in [5.41, 5.74) is 0. The number of hydrogen-bond donors (Lipinski definition) is 0. The molecule has 0 aromatic carbocycles. The van der Waals surface area contributed by atoms with E-state index in [0.29, 0.717) is 5.92 Å². The van der Waals surface area contributed by atoms with Crippen molar-refractivity contribution >= 4 is 0 Å². The number of rotatable bonds is 1. The van der Waals surface area contributed by atoms with E-state index < -0.39 is 0 Å². The molecule has 0 aromatic rings. The lowest BCUT2D eigenvalue weighted by Crippen LogP contribution is -2.45. The lowest BCUT2D eigenvalue weighted by atomic mass is 10.0. The quantitative estimate of drug-likeness (QED) is 0.454. The Bertz CT molecular complexity index is 59.1. The Kier molecular flexibility index (Phi) is 1.30. The van der Waals surface area contributed by atoms with Crippen LogP contribution in [0.25, 0.3) is 0 Å². The predicted molar refractivity (Wildman–Crippen MR) is 26.5 cm³/mol. The molecular formula is C5H10NO. The molecule has 2 heteroatoms. The van der Waals surface area contributed by atoms with E-state index in [1.54, 1.807) is 0 Å². The van der Waals surface area contributed by atoms with Crippen molar-refractivity contribution in [3.05, 3.63) is 0 Å². The normalized spacial score (nSPS) is 24.9. The molecule has 0 aliphatic carbocycles. The standard InChI is InChI=1S/C5H10NO/c1-6-2-5(3-6)4-7/h5H,2-4H2,1H3. The summed E-state index contributed by atoms with van der Waals surface area (Å²) in [5.74, 6) is 0.463. The number of likely N-dealkylation sites (tertiary alicyclic amines) is 1. The molecule has 0 N–H and O–H groups in total. The number of hydrogen-bond acceptors (Lipinski definition) is 1. The molecule has 1 aliphatic heterocycles. The maximum Gasteiger partial charge on any atom is 0.0874 e. The van der Waals surface area contributed by atoms with Gasteiger partial charge in [-0.05, 0) is 7.05 Å². The van der Waals surface area contributed by atoms with Gasteiger partial charge in [0.25, 0.3) is 0 Å². The van der Waals surface area contributed by atoms with Crippen LogP contribution in [-0.2, 0) is 5.11 Å². The van der Waals surface area contributed by atoms with E-state index in [0.717, 1.165) is 13.1 Å². The topological polar surface area (TPSA) is 23.1 Å². The Labute approximate surface area is 43.7 Å². The minimum Gasteiger partial charge on any atom is -0.306 e. The van der Waals surface area contributed by atoms with Crippen molar-refractivity contribution in [3.63, 3.8) is 0 Å². The fourth-order valence-electron chi connectivity index (χ4n) is 0.933. The van der Waals surface area contributed by atoms with Crippen LogP contribution in [0.5, 0.6) is 0 Å². The smallest absolute Gasteiger partial charge is 0.0874 e. The van der Waals surface area contributed by atoms with Crippen molar-refractivity contribution in [1.29, 1.82) is 0 Å². The van der Waals surface area contributed by atoms with Gasteiger partial charge in [-0.1, -0.05) is 0 Å². The molecule has 1 heterocycles. The lowest BCUT2D eigenvalue weighted by molar-refractivity contribution is 0.0433. The van der Waals surface area contributed by atoms with Gasteiger partial charge >= 0.3 is 0 Å². The van der Waals surface area contributed by atoms with Gasteiger partial charge < -0.3 is 4.90 Å². The van der Waals surface area contributed by atoms with Crippen LogP contribution in [0.1, 0.15) is 0 Å². The predicted octanol–water partition coefficient (Wildman–Crippen LogP) is -0.0215. The molecule has 1 saturated heterocycles. The van der Waals surface area contributed by atoms with Gasteiger partial charge in [-0.3, -0.25) is 0 Å². The summed E-state index contributed by atoms with van der Waals surface area (Å²) in [6.45, 7) is 2.15. The van der Waals surface area contributed by atoms with Gasteiger partial charge in [0.1, 0.15) is 0 Å². The van der Waals surface area contributed by atoms with Gasteiger partial charge in [0, 0.05) is 19.0 Å². The molecule has 1 rings (SSSR count). The number of nitrogens with zero attached hydrogens (tertiary/aromatic N) is 1. The molecule has 1 fully saturated rings. The molecule has 1 radical (unpaired) electrons. The fourth-order valence-corrected chi connectivity index (χ4v) is 0.933. The molecule has 0 amide bonds. The average Bonchev–Trinajstić information content (AvgIpc) is 1.58. The van der Waals surface area contributed by atoms with Crippen LogP contribution >= 0.6 is 0 Å². The lowest BCUT2D eigenvalue weighted by Gasteiger charge is -2.33. The SMILES string of the molecule is CN1CC(C[O])C1. The van der Waals surface area contributed by atoms with Crippen molar-refractivity contribution in [2.75, 3.05) is 26.7 Å². The molecule has 0 unspecified atom stereocenters. The van der Waals surface area contributed by atoms with E-state index in [1.807, 2.05) is 7.05 Å². The summed E-state index contributed by atoms with van der Waals surface area (Å²) < 4.78 is 0. The minimum absolute atomic E-state index is 0.115. The van der Waals surface area contributed by atoms with Gasteiger partial charge in [0.2, 0.25) is 0 Å². The Morgan fingerprint density at radius 3 is 2.43 bits per heavy atom. The summed E-state index contributed by atoms with van der Waals surface area (Å²) in [5, 5.41) is 10.0.